The predicted octanol–water partition coefficient (Wildman–Crippen LogP) is 2.92. The molecule has 0 aromatic heterocycles. The highest BCUT2D eigenvalue weighted by Crippen LogP contribution is 2.37. The van der Waals surface area contributed by atoms with E-state index in [1.165, 1.54) is 12.5 Å². The van der Waals surface area contributed by atoms with Gasteiger partial charge in [-0.05, 0) is 39.2 Å². The molecule has 7 heteroatoms. The zero-order valence-corrected chi connectivity index (χ0v) is 12.7. The van der Waals surface area contributed by atoms with Gasteiger partial charge in [0, 0.05) is 12.1 Å². The van der Waals surface area contributed by atoms with Crippen molar-refractivity contribution in [1.82, 2.24) is 5.01 Å². The Labute approximate surface area is 128 Å². The number of rotatable bonds is 3. The van der Waals surface area contributed by atoms with Gasteiger partial charge in [0.2, 0.25) is 6.79 Å². The molecule has 0 unspecified atom stereocenters. The number of hydrazone groups is 1. The molecule has 0 N–H and O–H groups in total. The minimum absolute atomic E-state index is 0.0229. The molecular weight excluding hydrogens is 286 g/mol. The van der Waals surface area contributed by atoms with Crippen molar-refractivity contribution >= 4 is 11.9 Å². The van der Waals surface area contributed by atoms with Crippen LogP contribution in [0.3, 0.4) is 0 Å². The van der Waals surface area contributed by atoms with Crippen LogP contribution in [-0.4, -0.2) is 35.0 Å². The van der Waals surface area contributed by atoms with Crippen molar-refractivity contribution in [1.29, 1.82) is 0 Å². The average Bonchev–Trinajstić information content (AvgIpc) is 2.93. The van der Waals surface area contributed by atoms with Crippen molar-refractivity contribution in [3.8, 4) is 11.5 Å². The van der Waals surface area contributed by atoms with Gasteiger partial charge in [0.15, 0.2) is 11.5 Å². The highest BCUT2D eigenvalue weighted by Gasteiger charge is 2.25. The van der Waals surface area contributed by atoms with Crippen LogP contribution >= 0.6 is 0 Å². The smallest absolute Gasteiger partial charge is 0.282 e. The molecule has 2 heterocycles. The molecule has 118 valence electrons. The maximum absolute atomic E-state index is 11.2. The Bertz CT molecular complexity index is 607. The van der Waals surface area contributed by atoms with E-state index in [4.69, 9.17) is 9.47 Å². The fourth-order valence-electron chi connectivity index (χ4n) is 2.97. The summed E-state index contributed by atoms with van der Waals surface area (Å²) in [7, 11) is 0. The highest BCUT2D eigenvalue weighted by atomic mass is 16.7. The molecule has 0 aliphatic carbocycles. The highest BCUT2D eigenvalue weighted by molar-refractivity contribution is 5.87. The number of ether oxygens (including phenoxy) is 2. The van der Waals surface area contributed by atoms with Crippen LogP contribution in [0.15, 0.2) is 17.2 Å². The zero-order valence-electron chi connectivity index (χ0n) is 12.7. The van der Waals surface area contributed by atoms with Crippen LogP contribution in [0.1, 0.15) is 38.7 Å². The van der Waals surface area contributed by atoms with Crippen molar-refractivity contribution in [3.63, 3.8) is 0 Å². The molecule has 3 rings (SSSR count). The maximum Gasteiger partial charge on any atom is 0.282 e. The molecule has 1 saturated heterocycles. The summed E-state index contributed by atoms with van der Waals surface area (Å²) >= 11 is 0. The Kier molecular flexibility index (Phi) is 3.87. The van der Waals surface area contributed by atoms with E-state index in [2.05, 4.69) is 18.9 Å². The molecular formula is C15H19N3O4. The van der Waals surface area contributed by atoms with E-state index in [0.717, 1.165) is 12.8 Å². The summed E-state index contributed by atoms with van der Waals surface area (Å²) in [6.45, 7) is 4.34. The minimum Gasteiger partial charge on any atom is -0.454 e. The topological polar surface area (TPSA) is 77.2 Å². The van der Waals surface area contributed by atoms with Gasteiger partial charge in [-0.25, -0.2) is 0 Å². The number of piperidine rings is 1. The number of fused-ring (bicyclic) bond motifs is 1. The van der Waals surface area contributed by atoms with E-state index >= 15 is 0 Å². The quantitative estimate of drug-likeness (QED) is 0.487. The lowest BCUT2D eigenvalue weighted by Gasteiger charge is -2.36. The second-order valence-corrected chi connectivity index (χ2v) is 5.77. The zero-order chi connectivity index (χ0) is 15.7. The third-order valence-corrected chi connectivity index (χ3v) is 4.20. The Hall–Kier alpha value is -2.31. The number of nitrogens with zero attached hydrogens (tertiary/aromatic N) is 3. The Balaban J connectivity index is 1.90. The van der Waals surface area contributed by atoms with Crippen LogP contribution in [0.25, 0.3) is 0 Å². The fraction of sp³-hybridized carbons (Fsp3) is 0.533. The standard InChI is InChI=1S/C15H19N3O4/c1-10-4-3-5-11(2)17(10)16-8-12-6-14-15(22-9-21-14)7-13(12)18(19)20/h6-8,10-11H,3-5,9H2,1-2H3/b16-8-/t10-,11-/m0/s1. The van der Waals surface area contributed by atoms with E-state index in [1.54, 1.807) is 12.3 Å². The number of hydrogen-bond donors (Lipinski definition) is 0. The minimum atomic E-state index is -0.424. The molecule has 1 aromatic carbocycles. The molecule has 0 radical (unpaired) electrons. The van der Waals surface area contributed by atoms with Gasteiger partial charge < -0.3 is 9.47 Å². The summed E-state index contributed by atoms with van der Waals surface area (Å²) in [5.41, 5.74) is 0.407. The van der Waals surface area contributed by atoms with E-state index in [9.17, 15) is 10.1 Å². The fourth-order valence-corrected chi connectivity index (χ4v) is 2.97. The molecule has 2 aliphatic heterocycles. The van der Waals surface area contributed by atoms with Gasteiger partial charge in [-0.1, -0.05) is 0 Å². The SMILES string of the molecule is C[C@H]1CCC[C@H](C)N1/N=C\c1cc2c(cc1[N+](=O)[O-])OCO2. The lowest BCUT2D eigenvalue weighted by Crippen LogP contribution is -2.39. The summed E-state index contributed by atoms with van der Waals surface area (Å²) < 4.78 is 10.5. The summed E-state index contributed by atoms with van der Waals surface area (Å²) in [4.78, 5) is 10.8. The molecule has 1 fully saturated rings. The summed E-state index contributed by atoms with van der Waals surface area (Å²) in [5, 5.41) is 17.8. The molecule has 0 bridgehead atoms. The molecule has 0 saturated carbocycles. The van der Waals surface area contributed by atoms with Crippen LogP contribution < -0.4 is 9.47 Å². The summed E-state index contributed by atoms with van der Waals surface area (Å²) in [6, 6.07) is 3.69. The van der Waals surface area contributed by atoms with E-state index in [-0.39, 0.29) is 12.5 Å². The number of nitro groups is 1. The normalized spacial score (nSPS) is 24.0. The first-order chi connectivity index (χ1) is 10.6. The Morgan fingerprint density at radius 3 is 2.55 bits per heavy atom. The van der Waals surface area contributed by atoms with Gasteiger partial charge in [-0.2, -0.15) is 5.10 Å². The molecule has 7 nitrogen and oxygen atoms in total. The van der Waals surface area contributed by atoms with Crippen molar-refractivity contribution in [2.45, 2.75) is 45.2 Å². The van der Waals surface area contributed by atoms with Crippen molar-refractivity contribution < 1.29 is 14.4 Å². The second kappa shape index (κ2) is 5.82. The molecule has 2 atom stereocenters. The lowest BCUT2D eigenvalue weighted by atomic mass is 10.00. The van der Waals surface area contributed by atoms with Crippen molar-refractivity contribution in [2.24, 2.45) is 5.10 Å². The van der Waals surface area contributed by atoms with Crippen LogP contribution in [-0.2, 0) is 0 Å². The van der Waals surface area contributed by atoms with Gasteiger partial charge in [-0.15, -0.1) is 0 Å². The second-order valence-electron chi connectivity index (χ2n) is 5.77. The van der Waals surface area contributed by atoms with Crippen LogP contribution in [0.4, 0.5) is 5.69 Å². The lowest BCUT2D eigenvalue weighted by molar-refractivity contribution is -0.385. The van der Waals surface area contributed by atoms with E-state index in [0.29, 0.717) is 29.1 Å². The number of hydrogen-bond acceptors (Lipinski definition) is 6. The maximum atomic E-state index is 11.2. The average molecular weight is 305 g/mol. The van der Waals surface area contributed by atoms with Gasteiger partial charge in [0.05, 0.1) is 22.8 Å². The van der Waals surface area contributed by atoms with Crippen molar-refractivity contribution in [2.75, 3.05) is 6.79 Å². The first-order valence-corrected chi connectivity index (χ1v) is 7.46. The first-order valence-electron chi connectivity index (χ1n) is 7.46. The van der Waals surface area contributed by atoms with Crippen LogP contribution in [0.5, 0.6) is 11.5 Å². The van der Waals surface area contributed by atoms with Gasteiger partial charge in [0.1, 0.15) is 0 Å². The van der Waals surface area contributed by atoms with Gasteiger partial charge >= 0.3 is 0 Å². The van der Waals surface area contributed by atoms with Gasteiger partial charge in [-0.3, -0.25) is 15.1 Å². The molecule has 22 heavy (non-hydrogen) atoms. The monoisotopic (exact) mass is 305 g/mol. The Morgan fingerprint density at radius 1 is 1.27 bits per heavy atom. The Morgan fingerprint density at radius 2 is 1.91 bits per heavy atom. The summed E-state index contributed by atoms with van der Waals surface area (Å²) in [5.74, 6) is 0.926. The van der Waals surface area contributed by atoms with E-state index in [1.807, 2.05) is 5.01 Å². The van der Waals surface area contributed by atoms with Gasteiger partial charge in [0.25, 0.3) is 5.69 Å². The molecule has 1 aromatic rings. The number of nitro benzene ring substituents is 1. The number of benzene rings is 1. The van der Waals surface area contributed by atoms with E-state index < -0.39 is 4.92 Å². The third-order valence-electron chi connectivity index (χ3n) is 4.20. The van der Waals surface area contributed by atoms with Crippen LogP contribution in [0.2, 0.25) is 0 Å². The molecule has 2 aliphatic rings. The summed E-state index contributed by atoms with van der Waals surface area (Å²) in [6.07, 6.45) is 4.92. The van der Waals surface area contributed by atoms with Crippen LogP contribution in [0, 0.1) is 10.1 Å². The third kappa shape index (κ3) is 2.70. The largest absolute Gasteiger partial charge is 0.454 e. The van der Waals surface area contributed by atoms with Crippen molar-refractivity contribution in [3.05, 3.63) is 27.8 Å². The molecule has 0 spiro atoms. The first kappa shape index (κ1) is 14.6. The molecule has 0 amide bonds. The predicted molar refractivity (Wildman–Crippen MR) is 81.4 cm³/mol.